The molecule has 77 heavy (non-hydrogen) atoms. The van der Waals surface area contributed by atoms with E-state index in [-0.39, 0.29) is 36.6 Å². The van der Waals surface area contributed by atoms with Crippen LogP contribution in [-0.2, 0) is 59.2 Å². The highest BCUT2D eigenvalue weighted by Gasteiger charge is 2.11. The predicted octanol–water partition coefficient (Wildman–Crippen LogP) is 8.75. The minimum atomic E-state index is -0.167. The van der Waals surface area contributed by atoms with Crippen LogP contribution in [0.2, 0.25) is 0 Å². The number of hydrogen-bond donors (Lipinski definition) is 11. The molecule has 2 rings (SSSR count). The van der Waals surface area contributed by atoms with Gasteiger partial charge in [0.05, 0.1) is 0 Å². The van der Waals surface area contributed by atoms with Crippen molar-refractivity contribution in [1.29, 1.82) is 0 Å². The van der Waals surface area contributed by atoms with Crippen LogP contribution in [0.4, 0.5) is 0 Å². The fourth-order valence-corrected chi connectivity index (χ4v) is 1.92. The predicted molar refractivity (Wildman–Crippen MR) is 346 cm³/mol. The van der Waals surface area contributed by atoms with Crippen molar-refractivity contribution in [2.75, 3.05) is 55.4 Å². The van der Waals surface area contributed by atoms with Gasteiger partial charge in [0.2, 0.25) is 5.91 Å². The largest absolute Gasteiger partial charge is 0.394 e. The maximum absolute atomic E-state index is 10.7. The molecule has 1 heterocycles. The number of carbonyl (C=O) groups is 11. The Morgan fingerprint density at radius 1 is 0.429 bits per heavy atom. The van der Waals surface area contributed by atoms with E-state index in [1.54, 1.807) is 20.8 Å². The Hall–Kier alpha value is -5.05. The van der Waals surface area contributed by atoms with Crippen LogP contribution in [0.5, 0.6) is 0 Å². The molecule has 0 unspecified atom stereocenters. The lowest BCUT2D eigenvalue weighted by molar-refractivity contribution is -0.129. The Balaban J connectivity index is -0.0000000139. The monoisotopic (exact) mass is 1140 g/mol. The molecule has 0 bridgehead atoms. The number of carbonyl (C=O) groups excluding carboxylic acids is 11. The van der Waals surface area contributed by atoms with Crippen LogP contribution in [0.15, 0.2) is 30.3 Å². The first-order valence-electron chi connectivity index (χ1n) is 23.6. The Morgan fingerprint density at radius 3 is 0.649 bits per heavy atom. The van der Waals surface area contributed by atoms with Gasteiger partial charge in [0.15, 0.2) is 0 Å². The Labute approximate surface area is 479 Å². The van der Waals surface area contributed by atoms with Gasteiger partial charge >= 0.3 is 0 Å². The molecule has 0 saturated carbocycles. The molecular weight excluding hydrogens is 995 g/mol. The number of amides is 1. The molecule has 1 saturated heterocycles. The minimum Gasteiger partial charge on any atom is -0.394 e. The third kappa shape index (κ3) is 769. The molecule has 0 atom stereocenters. The molecule has 0 radical (unpaired) electrons. The topological polar surface area (TPSA) is 507 Å². The van der Waals surface area contributed by atoms with E-state index in [0.29, 0.717) is 0 Å². The molecule has 0 aliphatic carbocycles. The maximum atomic E-state index is 10.7. The van der Waals surface area contributed by atoms with Gasteiger partial charge in [-0.15, -0.1) is 0 Å². The second kappa shape index (κ2) is 414. The summed E-state index contributed by atoms with van der Waals surface area (Å²) in [5, 5.41) is 8.06. The van der Waals surface area contributed by atoms with Crippen molar-refractivity contribution in [3.8, 4) is 0 Å². The molecule has 1 fully saturated rings. The highest BCUT2D eigenvalue weighted by Crippen LogP contribution is 2.07. The van der Waals surface area contributed by atoms with E-state index >= 15 is 0 Å². The average molecular weight is 1140 g/mol. The third-order valence-electron chi connectivity index (χ3n) is 4.69. The second-order valence-corrected chi connectivity index (χ2v) is 10.8. The van der Waals surface area contributed by atoms with Gasteiger partial charge in [-0.05, 0) is 105 Å². The summed E-state index contributed by atoms with van der Waals surface area (Å²) < 4.78 is 0. The van der Waals surface area contributed by atoms with Gasteiger partial charge in [-0.3, -0.25) is 4.79 Å². The van der Waals surface area contributed by atoms with Gasteiger partial charge in [0, 0.05) is 26.1 Å². The van der Waals surface area contributed by atoms with Crippen LogP contribution in [0.25, 0.3) is 0 Å². The molecule has 1 aromatic rings. The first-order valence-corrected chi connectivity index (χ1v) is 23.6. The van der Waals surface area contributed by atoms with E-state index in [2.05, 4.69) is 128 Å². The summed E-state index contributed by atoms with van der Waals surface area (Å²) in [5.74, 6) is 2.83. The summed E-state index contributed by atoms with van der Waals surface area (Å²) in [6.07, 6.45) is 7.27. The minimum absolute atomic E-state index is 0. The molecule has 1 amide bonds. The molecule has 23 heteroatoms. The molecular formula is C54H145N11O12. The first kappa shape index (κ1) is 179. The maximum Gasteiger partial charge on any atom is 0.219 e. The number of aryl methyl sites for hydroxylation is 1. The van der Waals surface area contributed by atoms with E-state index in [9.17, 15) is 4.79 Å². The average Bonchev–Trinajstić information content (AvgIpc) is 3.51. The Morgan fingerprint density at radius 2 is 0.571 bits per heavy atom. The normalized spacial score (nSPS) is 6.68. The van der Waals surface area contributed by atoms with Crippen LogP contribution < -0.4 is 59.0 Å². The Kier molecular flexibility index (Phi) is 964. The van der Waals surface area contributed by atoms with Crippen molar-refractivity contribution in [3.05, 3.63) is 35.9 Å². The lowest BCUT2D eigenvalue weighted by atomic mass is 10.1. The molecule has 1 aliphatic rings. The molecule has 25 N–H and O–H groups in total. The zero-order valence-electron chi connectivity index (χ0n) is 55.6. The standard InChI is InChI=1S/C8H10.C7H13NO.2C5H12.C4H10.C3H8O.3C2H6.6CH5N.10CH2O.4H3N/c1-2-8-6-4-3-5-7-8;1-7(9)8-5-3-2-4-6-8;2*1-4-5(2)3;1-4(2)3;1-3(2)4;19*1-2;;;;/h3-7H,2H2,1H3;2-6H2,1H3;2*5H,4H2,1-3H3;4H,1-3H3;3-4H,1-2H3;3*1-2H3;6*2H2,1H3;10*1H2;4*1H3. The smallest absolute Gasteiger partial charge is 0.219 e. The number of benzene rings is 1. The van der Waals surface area contributed by atoms with Crippen LogP contribution in [0, 0.1) is 17.8 Å². The van der Waals surface area contributed by atoms with Crippen LogP contribution >= 0.6 is 0 Å². The molecule has 1 aliphatic heterocycles. The van der Waals surface area contributed by atoms with Crippen molar-refractivity contribution in [3.63, 3.8) is 0 Å². The fourth-order valence-electron chi connectivity index (χ4n) is 1.92. The van der Waals surface area contributed by atoms with E-state index in [0.717, 1.165) is 37.3 Å². The van der Waals surface area contributed by atoms with Crippen molar-refractivity contribution >= 4 is 73.8 Å². The second-order valence-electron chi connectivity index (χ2n) is 10.8. The van der Waals surface area contributed by atoms with Gasteiger partial charge in [-0.2, -0.15) is 0 Å². The van der Waals surface area contributed by atoms with E-state index in [4.69, 9.17) is 53.1 Å². The van der Waals surface area contributed by atoms with Crippen LogP contribution in [0.1, 0.15) is 169 Å². The highest BCUT2D eigenvalue weighted by molar-refractivity contribution is 5.73. The van der Waals surface area contributed by atoms with Crippen molar-refractivity contribution in [1.82, 2.24) is 29.5 Å². The van der Waals surface area contributed by atoms with E-state index in [1.165, 1.54) is 80.0 Å². The van der Waals surface area contributed by atoms with Crippen LogP contribution in [-0.4, -0.2) is 145 Å². The number of likely N-dealkylation sites (tertiary alicyclic amines) is 1. The summed E-state index contributed by atoms with van der Waals surface area (Å²) in [6.45, 7) is 61.0. The lowest BCUT2D eigenvalue weighted by Crippen LogP contribution is -2.33. The van der Waals surface area contributed by atoms with Crippen molar-refractivity contribution in [2.24, 2.45) is 52.2 Å². The molecule has 23 nitrogen and oxygen atoms in total. The van der Waals surface area contributed by atoms with Gasteiger partial charge in [-0.1, -0.05) is 154 Å². The van der Waals surface area contributed by atoms with Crippen molar-refractivity contribution < 1.29 is 57.8 Å². The lowest BCUT2D eigenvalue weighted by Gasteiger charge is -2.24. The third-order valence-corrected chi connectivity index (χ3v) is 4.69. The molecule has 1 aromatic carbocycles. The first-order chi connectivity index (χ1) is 35.2. The van der Waals surface area contributed by atoms with Gasteiger partial charge in [0.1, 0.15) is 67.9 Å². The van der Waals surface area contributed by atoms with Gasteiger partial charge in [-0.25, -0.2) is 0 Å². The van der Waals surface area contributed by atoms with Gasteiger partial charge < -0.3 is 117 Å². The summed E-state index contributed by atoms with van der Waals surface area (Å²) in [7, 11) is 9.00. The fraction of sp³-hybridized carbons (Fsp3) is 0.685. The number of aliphatic hydroxyl groups is 1. The number of aliphatic hydroxyl groups excluding tert-OH is 1. The van der Waals surface area contributed by atoms with E-state index in [1.807, 2.05) is 120 Å². The Bertz CT molecular complexity index is 667. The zero-order chi connectivity index (χ0) is 66.2. The highest BCUT2D eigenvalue weighted by atomic mass is 16.3. The van der Waals surface area contributed by atoms with Gasteiger partial charge in [0.25, 0.3) is 0 Å². The molecule has 0 spiro atoms. The van der Waals surface area contributed by atoms with Crippen LogP contribution in [0.3, 0.4) is 0 Å². The number of nitrogens with zero attached hydrogens (tertiary/aromatic N) is 1. The summed E-state index contributed by atoms with van der Waals surface area (Å²) in [4.78, 5) is 92.6. The number of nitrogens with two attached hydrogens (primary N) is 6. The number of rotatable bonds is 3. The van der Waals surface area contributed by atoms with E-state index < -0.39 is 0 Å². The van der Waals surface area contributed by atoms with Crippen molar-refractivity contribution in [2.45, 2.75) is 176 Å². The quantitative estimate of drug-likeness (QED) is 0.135. The summed E-state index contributed by atoms with van der Waals surface area (Å²) >= 11 is 0. The molecule has 0 aromatic heterocycles. The number of hydrogen-bond acceptors (Lipinski definition) is 22. The molecule has 488 valence electrons. The zero-order valence-corrected chi connectivity index (χ0v) is 55.6. The SMILES string of the molecule is C=O.C=O.C=O.C=O.C=O.C=O.C=O.C=O.C=O.C=O.CC.CC.CC.CC(=O)N1CCCCC1.CC(C)C.CC(C)O.CCC(C)C.CCC(C)C.CCc1ccccc1.CN.CN.CN.CN.CN.CN.N.N.N.N. The summed E-state index contributed by atoms with van der Waals surface area (Å²) in [6, 6.07) is 10.5. The number of piperidine rings is 1. The summed E-state index contributed by atoms with van der Waals surface area (Å²) in [5.41, 5.74) is 28.4.